The maximum Gasteiger partial charge on any atom is 0.224 e. The van der Waals surface area contributed by atoms with Crippen LogP contribution in [0.25, 0.3) is 0 Å². The zero-order valence-electron chi connectivity index (χ0n) is 15.8. The number of thiophene rings is 1. The predicted molar refractivity (Wildman–Crippen MR) is 106 cm³/mol. The Labute approximate surface area is 161 Å². The van der Waals surface area contributed by atoms with Crippen molar-refractivity contribution in [1.29, 1.82) is 0 Å². The molecule has 1 saturated heterocycles. The summed E-state index contributed by atoms with van der Waals surface area (Å²) in [6.07, 6.45) is 5.77. The van der Waals surface area contributed by atoms with Gasteiger partial charge in [-0.2, -0.15) is 0 Å². The number of hydrogen-bond donors (Lipinski definition) is 0. The Bertz CT molecular complexity index is 723. The van der Waals surface area contributed by atoms with Gasteiger partial charge in [-0.1, -0.05) is 12.8 Å². The van der Waals surface area contributed by atoms with E-state index in [-0.39, 0.29) is 23.5 Å². The molecular weight excluding hydrogens is 368 g/mol. The van der Waals surface area contributed by atoms with Gasteiger partial charge >= 0.3 is 0 Å². The highest BCUT2D eigenvalue weighted by Crippen LogP contribution is 2.27. The molecule has 0 N–H and O–H groups in total. The summed E-state index contributed by atoms with van der Waals surface area (Å²) in [5.41, 5.74) is 0. The standard InChI is InChI=1S/C19H30N2O3S2/c1-15-7-8-18(25-15)13-21(16-5-3-4-6-16)19(22)9-11-20(2)17-10-12-26(23,24)14-17/h7-8,16-17H,3-6,9-14H2,1-2H3/t17-/m1/s1. The fourth-order valence-electron chi connectivity index (χ4n) is 4.10. The quantitative estimate of drug-likeness (QED) is 0.709. The average molecular weight is 399 g/mol. The molecule has 7 heteroatoms. The SMILES string of the molecule is Cc1ccc(CN(C(=O)CCN(C)[C@@H]2CCS(=O)(=O)C2)C2CCCC2)s1. The van der Waals surface area contributed by atoms with Crippen LogP contribution in [0, 0.1) is 6.92 Å². The molecule has 0 unspecified atom stereocenters. The van der Waals surface area contributed by atoms with E-state index in [4.69, 9.17) is 0 Å². The van der Waals surface area contributed by atoms with Crippen molar-refractivity contribution >= 4 is 27.1 Å². The number of rotatable bonds is 7. The normalized spacial score (nSPS) is 23.0. The van der Waals surface area contributed by atoms with Crippen LogP contribution >= 0.6 is 11.3 Å². The first kappa shape index (κ1) is 19.8. The van der Waals surface area contributed by atoms with Crippen LogP contribution in [-0.2, 0) is 21.2 Å². The minimum Gasteiger partial charge on any atom is -0.335 e. The molecule has 3 rings (SSSR count). The minimum atomic E-state index is -2.88. The zero-order chi connectivity index (χ0) is 18.7. The van der Waals surface area contributed by atoms with Crippen LogP contribution in [0.4, 0.5) is 0 Å². The van der Waals surface area contributed by atoms with Gasteiger partial charge in [0.05, 0.1) is 18.1 Å². The van der Waals surface area contributed by atoms with Crippen molar-refractivity contribution in [2.45, 2.75) is 64.1 Å². The highest BCUT2D eigenvalue weighted by atomic mass is 32.2. The Morgan fingerprint density at radius 2 is 1.92 bits per heavy atom. The molecule has 0 spiro atoms. The van der Waals surface area contributed by atoms with Crippen molar-refractivity contribution in [2.75, 3.05) is 25.1 Å². The lowest BCUT2D eigenvalue weighted by Crippen LogP contribution is -2.41. The third-order valence-corrected chi connectivity index (χ3v) is 8.45. The Hall–Kier alpha value is -0.920. The second-order valence-electron chi connectivity index (χ2n) is 7.76. The Morgan fingerprint density at radius 1 is 1.19 bits per heavy atom. The second kappa shape index (κ2) is 8.40. The number of carbonyl (C=O) groups excluding carboxylic acids is 1. The Balaban J connectivity index is 1.58. The van der Waals surface area contributed by atoms with Gasteiger partial charge in [0.15, 0.2) is 9.84 Å². The summed E-state index contributed by atoms with van der Waals surface area (Å²) in [4.78, 5) is 19.6. The molecule has 1 amide bonds. The van der Waals surface area contributed by atoms with Gasteiger partial charge in [-0.15, -0.1) is 11.3 Å². The van der Waals surface area contributed by atoms with Gasteiger partial charge in [-0.25, -0.2) is 8.42 Å². The Morgan fingerprint density at radius 3 is 2.50 bits per heavy atom. The molecule has 0 aromatic carbocycles. The molecular formula is C19H30N2O3S2. The van der Waals surface area contributed by atoms with Crippen LogP contribution < -0.4 is 0 Å². The topological polar surface area (TPSA) is 57.7 Å². The molecule has 1 atom stereocenters. The highest BCUT2D eigenvalue weighted by molar-refractivity contribution is 7.91. The van der Waals surface area contributed by atoms with Crippen LogP contribution in [0.3, 0.4) is 0 Å². The zero-order valence-corrected chi connectivity index (χ0v) is 17.4. The number of aryl methyl sites for hydroxylation is 1. The fraction of sp³-hybridized carbons (Fsp3) is 0.737. The van der Waals surface area contributed by atoms with Crippen LogP contribution in [0.5, 0.6) is 0 Å². The molecule has 26 heavy (non-hydrogen) atoms. The molecule has 1 aromatic rings. The average Bonchev–Trinajstić information content (AvgIpc) is 3.31. The molecule has 1 aliphatic carbocycles. The monoisotopic (exact) mass is 398 g/mol. The number of hydrogen-bond acceptors (Lipinski definition) is 5. The predicted octanol–water partition coefficient (Wildman–Crippen LogP) is 2.84. The first-order valence-electron chi connectivity index (χ1n) is 9.59. The lowest BCUT2D eigenvalue weighted by Gasteiger charge is -2.30. The maximum atomic E-state index is 13.0. The third-order valence-electron chi connectivity index (χ3n) is 5.72. The summed E-state index contributed by atoms with van der Waals surface area (Å²) in [5, 5.41) is 0. The Kier molecular flexibility index (Phi) is 6.41. The summed E-state index contributed by atoms with van der Waals surface area (Å²) in [6, 6.07) is 4.67. The molecule has 5 nitrogen and oxygen atoms in total. The van der Waals surface area contributed by atoms with Crippen molar-refractivity contribution in [3.8, 4) is 0 Å². The molecule has 2 fully saturated rings. The summed E-state index contributed by atoms with van der Waals surface area (Å²) < 4.78 is 23.3. The van der Waals surface area contributed by atoms with Crippen LogP contribution in [0.15, 0.2) is 12.1 Å². The number of sulfone groups is 1. The third kappa shape index (κ3) is 5.08. The molecule has 0 bridgehead atoms. The molecule has 1 saturated carbocycles. The van der Waals surface area contributed by atoms with E-state index in [2.05, 4.69) is 28.9 Å². The molecule has 2 aliphatic rings. The minimum absolute atomic E-state index is 0.0627. The molecule has 1 aromatic heterocycles. The number of nitrogens with zero attached hydrogens (tertiary/aromatic N) is 2. The van der Waals surface area contributed by atoms with Crippen molar-refractivity contribution in [3.63, 3.8) is 0 Å². The van der Waals surface area contributed by atoms with Gasteiger partial charge in [0.1, 0.15) is 0 Å². The van der Waals surface area contributed by atoms with E-state index < -0.39 is 9.84 Å². The number of carbonyl (C=O) groups is 1. The van der Waals surface area contributed by atoms with Gasteiger partial charge < -0.3 is 9.80 Å². The summed E-state index contributed by atoms with van der Waals surface area (Å²) in [5.74, 6) is 0.719. The van der Waals surface area contributed by atoms with Gasteiger partial charge in [0.25, 0.3) is 0 Å². The lowest BCUT2D eigenvalue weighted by molar-refractivity contribution is -0.134. The summed E-state index contributed by atoms with van der Waals surface area (Å²) >= 11 is 1.77. The maximum absolute atomic E-state index is 13.0. The van der Waals surface area contributed by atoms with Gasteiger partial charge in [0, 0.05) is 34.8 Å². The first-order chi connectivity index (χ1) is 12.3. The molecule has 0 radical (unpaired) electrons. The van der Waals surface area contributed by atoms with Gasteiger partial charge in [0.2, 0.25) is 5.91 Å². The number of amides is 1. The smallest absolute Gasteiger partial charge is 0.224 e. The van der Waals surface area contributed by atoms with Crippen molar-refractivity contribution in [2.24, 2.45) is 0 Å². The summed E-state index contributed by atoms with van der Waals surface area (Å²) in [7, 11) is -0.937. The molecule has 1 aliphatic heterocycles. The second-order valence-corrected chi connectivity index (χ2v) is 11.4. The highest BCUT2D eigenvalue weighted by Gasteiger charge is 2.32. The molecule has 146 valence electrons. The van der Waals surface area contributed by atoms with Crippen LogP contribution in [0.2, 0.25) is 0 Å². The van der Waals surface area contributed by atoms with E-state index in [1.807, 2.05) is 7.05 Å². The fourth-order valence-corrected chi connectivity index (χ4v) is 6.79. The van der Waals surface area contributed by atoms with Crippen LogP contribution in [-0.4, -0.2) is 61.3 Å². The van der Waals surface area contributed by atoms with Gasteiger partial charge in [-0.05, 0) is 45.4 Å². The van der Waals surface area contributed by atoms with E-state index in [0.29, 0.717) is 32.0 Å². The van der Waals surface area contributed by atoms with E-state index in [0.717, 1.165) is 12.8 Å². The van der Waals surface area contributed by atoms with Crippen molar-refractivity contribution in [1.82, 2.24) is 9.80 Å². The van der Waals surface area contributed by atoms with E-state index >= 15 is 0 Å². The van der Waals surface area contributed by atoms with E-state index in [9.17, 15) is 13.2 Å². The van der Waals surface area contributed by atoms with Gasteiger partial charge in [-0.3, -0.25) is 4.79 Å². The van der Waals surface area contributed by atoms with Crippen molar-refractivity contribution < 1.29 is 13.2 Å². The summed E-state index contributed by atoms with van der Waals surface area (Å²) in [6.45, 7) is 3.44. The van der Waals surface area contributed by atoms with Crippen LogP contribution in [0.1, 0.15) is 48.3 Å². The van der Waals surface area contributed by atoms with E-state index in [1.165, 1.54) is 22.6 Å². The molecule has 2 heterocycles. The van der Waals surface area contributed by atoms with E-state index in [1.54, 1.807) is 11.3 Å². The largest absolute Gasteiger partial charge is 0.335 e. The first-order valence-corrected chi connectivity index (χ1v) is 12.2. The van der Waals surface area contributed by atoms with Crippen molar-refractivity contribution in [3.05, 3.63) is 21.9 Å². The lowest BCUT2D eigenvalue weighted by atomic mass is 10.1.